The van der Waals surface area contributed by atoms with Gasteiger partial charge in [-0.3, -0.25) is 0 Å². The topological polar surface area (TPSA) is 43.9 Å². The molecule has 0 spiro atoms. The molecule has 0 N–H and O–H groups in total. The predicted molar refractivity (Wildman–Crippen MR) is 64.9 cm³/mol. The van der Waals surface area contributed by atoms with E-state index in [2.05, 4.69) is 10.1 Å². The van der Waals surface area contributed by atoms with Gasteiger partial charge in [-0.15, -0.1) is 11.6 Å². The molecule has 0 radical (unpaired) electrons. The first-order valence-electron chi connectivity index (χ1n) is 5.38. The summed E-state index contributed by atoms with van der Waals surface area (Å²) in [6.45, 7) is 0.433. The molecule has 2 aromatic heterocycles. The summed E-state index contributed by atoms with van der Waals surface area (Å²) in [5.41, 5.74) is 1.41. The highest BCUT2D eigenvalue weighted by atomic mass is 35.5. The molecule has 0 atom stereocenters. The quantitative estimate of drug-likeness (QED) is 0.684. The second-order valence-electron chi connectivity index (χ2n) is 3.86. The van der Waals surface area contributed by atoms with Gasteiger partial charge in [-0.1, -0.05) is 5.16 Å². The number of imidazole rings is 1. The standard InChI is InChI=1S/C12H9ClFN3O/c13-6-12-16-10-2-1-8(14)5-11(10)17(12)7-9-3-4-15-18-9/h1-5H,6-7H2. The van der Waals surface area contributed by atoms with Crippen molar-refractivity contribution < 1.29 is 8.91 Å². The lowest BCUT2D eigenvalue weighted by Gasteiger charge is -2.04. The fraction of sp³-hybridized carbons (Fsp3) is 0.167. The monoisotopic (exact) mass is 265 g/mol. The van der Waals surface area contributed by atoms with Gasteiger partial charge >= 0.3 is 0 Å². The van der Waals surface area contributed by atoms with Crippen molar-refractivity contribution in [1.29, 1.82) is 0 Å². The first-order valence-corrected chi connectivity index (χ1v) is 5.91. The summed E-state index contributed by atoms with van der Waals surface area (Å²) in [7, 11) is 0. The molecule has 18 heavy (non-hydrogen) atoms. The fourth-order valence-electron chi connectivity index (χ4n) is 1.90. The molecule has 6 heteroatoms. The molecular weight excluding hydrogens is 257 g/mol. The maximum absolute atomic E-state index is 13.3. The van der Waals surface area contributed by atoms with Crippen LogP contribution in [-0.2, 0) is 12.4 Å². The third-order valence-corrected chi connectivity index (χ3v) is 2.95. The van der Waals surface area contributed by atoms with Gasteiger partial charge in [0.05, 0.1) is 29.7 Å². The van der Waals surface area contributed by atoms with Gasteiger partial charge in [0, 0.05) is 6.07 Å². The van der Waals surface area contributed by atoms with E-state index in [1.54, 1.807) is 18.3 Å². The van der Waals surface area contributed by atoms with Crippen LogP contribution in [0.5, 0.6) is 0 Å². The van der Waals surface area contributed by atoms with E-state index >= 15 is 0 Å². The highest BCUT2D eigenvalue weighted by Crippen LogP contribution is 2.20. The van der Waals surface area contributed by atoms with Crippen LogP contribution < -0.4 is 0 Å². The molecule has 0 bridgehead atoms. The van der Waals surface area contributed by atoms with E-state index in [1.807, 2.05) is 4.57 Å². The Morgan fingerprint density at radius 1 is 1.33 bits per heavy atom. The van der Waals surface area contributed by atoms with Crippen molar-refractivity contribution in [3.05, 3.63) is 47.9 Å². The molecule has 2 heterocycles. The predicted octanol–water partition coefficient (Wildman–Crippen LogP) is 2.95. The maximum atomic E-state index is 13.3. The summed E-state index contributed by atoms with van der Waals surface area (Å²) in [6, 6.07) is 6.21. The number of aromatic nitrogens is 3. The van der Waals surface area contributed by atoms with E-state index in [0.717, 1.165) is 0 Å². The van der Waals surface area contributed by atoms with E-state index in [4.69, 9.17) is 16.1 Å². The van der Waals surface area contributed by atoms with Crippen LogP contribution in [0.2, 0.25) is 0 Å². The molecule has 0 saturated carbocycles. The Hall–Kier alpha value is -1.88. The van der Waals surface area contributed by atoms with Gasteiger partial charge in [-0.2, -0.15) is 0 Å². The van der Waals surface area contributed by atoms with Crippen LogP contribution in [0, 0.1) is 5.82 Å². The third kappa shape index (κ3) is 1.86. The Morgan fingerprint density at radius 2 is 2.22 bits per heavy atom. The minimum Gasteiger partial charge on any atom is -0.359 e. The number of nitrogens with zero attached hydrogens (tertiary/aromatic N) is 3. The number of alkyl halides is 1. The van der Waals surface area contributed by atoms with Gasteiger partial charge in [0.15, 0.2) is 5.76 Å². The van der Waals surface area contributed by atoms with Crippen molar-refractivity contribution in [2.24, 2.45) is 0 Å². The normalized spacial score (nSPS) is 11.2. The summed E-state index contributed by atoms with van der Waals surface area (Å²) < 4.78 is 20.2. The highest BCUT2D eigenvalue weighted by Gasteiger charge is 2.12. The Balaban J connectivity index is 2.15. The molecule has 0 saturated heterocycles. The number of hydrogen-bond acceptors (Lipinski definition) is 3. The minimum atomic E-state index is -0.303. The zero-order valence-corrected chi connectivity index (χ0v) is 10.1. The molecule has 3 aromatic rings. The summed E-state index contributed by atoms with van der Waals surface area (Å²) in [5.74, 6) is 1.30. The smallest absolute Gasteiger partial charge is 0.156 e. The summed E-state index contributed by atoms with van der Waals surface area (Å²) in [6.07, 6.45) is 1.56. The van der Waals surface area contributed by atoms with Crippen LogP contribution in [-0.4, -0.2) is 14.7 Å². The van der Waals surface area contributed by atoms with Crippen LogP contribution in [0.15, 0.2) is 35.0 Å². The SMILES string of the molecule is Fc1ccc2nc(CCl)n(Cc3ccno3)c2c1. The zero-order valence-electron chi connectivity index (χ0n) is 9.31. The third-order valence-electron chi connectivity index (χ3n) is 2.71. The molecule has 0 amide bonds. The van der Waals surface area contributed by atoms with Crippen molar-refractivity contribution >= 4 is 22.6 Å². The molecule has 92 valence electrons. The molecule has 0 unspecified atom stereocenters. The van der Waals surface area contributed by atoms with E-state index in [0.29, 0.717) is 29.2 Å². The van der Waals surface area contributed by atoms with Crippen LogP contribution in [0.1, 0.15) is 11.6 Å². The Bertz CT molecular complexity index is 678. The molecule has 3 rings (SSSR count). The number of halogens is 2. The summed E-state index contributed by atoms with van der Waals surface area (Å²) in [5, 5.41) is 3.64. The lowest BCUT2D eigenvalue weighted by molar-refractivity contribution is 0.376. The molecule has 0 aliphatic rings. The van der Waals surface area contributed by atoms with Crippen LogP contribution in [0.3, 0.4) is 0 Å². The van der Waals surface area contributed by atoms with E-state index in [1.165, 1.54) is 12.1 Å². The second kappa shape index (κ2) is 4.42. The minimum absolute atomic E-state index is 0.254. The highest BCUT2D eigenvalue weighted by molar-refractivity contribution is 6.16. The maximum Gasteiger partial charge on any atom is 0.156 e. The van der Waals surface area contributed by atoms with Gasteiger partial charge in [0.2, 0.25) is 0 Å². The summed E-state index contributed by atoms with van der Waals surface area (Å²) >= 11 is 5.86. The molecule has 0 aliphatic carbocycles. The zero-order chi connectivity index (χ0) is 12.5. The van der Waals surface area contributed by atoms with Gasteiger partial charge in [0.25, 0.3) is 0 Å². The van der Waals surface area contributed by atoms with Gasteiger partial charge in [-0.05, 0) is 18.2 Å². The molecule has 0 aliphatic heterocycles. The van der Waals surface area contributed by atoms with Crippen molar-refractivity contribution in [1.82, 2.24) is 14.7 Å². The van der Waals surface area contributed by atoms with Crippen molar-refractivity contribution in [3.8, 4) is 0 Å². The number of rotatable bonds is 3. The van der Waals surface area contributed by atoms with Gasteiger partial charge < -0.3 is 9.09 Å². The first-order chi connectivity index (χ1) is 8.78. The van der Waals surface area contributed by atoms with E-state index in [9.17, 15) is 4.39 Å². The molecular formula is C12H9ClFN3O. The number of fused-ring (bicyclic) bond motifs is 1. The van der Waals surface area contributed by atoms with E-state index < -0.39 is 0 Å². The van der Waals surface area contributed by atoms with Crippen molar-refractivity contribution in [2.45, 2.75) is 12.4 Å². The Labute approximate surface area is 107 Å². The van der Waals surface area contributed by atoms with Gasteiger partial charge in [-0.25, -0.2) is 9.37 Å². The molecule has 0 fully saturated rings. The van der Waals surface area contributed by atoms with Gasteiger partial charge in [0.1, 0.15) is 11.6 Å². The second-order valence-corrected chi connectivity index (χ2v) is 4.13. The van der Waals surface area contributed by atoms with Crippen molar-refractivity contribution in [2.75, 3.05) is 0 Å². The van der Waals surface area contributed by atoms with Crippen LogP contribution >= 0.6 is 11.6 Å². The largest absolute Gasteiger partial charge is 0.359 e. The molecule has 1 aromatic carbocycles. The fourth-order valence-corrected chi connectivity index (χ4v) is 2.11. The summed E-state index contributed by atoms with van der Waals surface area (Å²) in [4.78, 5) is 4.36. The van der Waals surface area contributed by atoms with Crippen LogP contribution in [0.4, 0.5) is 4.39 Å². The Morgan fingerprint density at radius 3 is 2.94 bits per heavy atom. The average molecular weight is 266 g/mol. The number of hydrogen-bond donors (Lipinski definition) is 0. The van der Waals surface area contributed by atoms with Crippen molar-refractivity contribution in [3.63, 3.8) is 0 Å². The lowest BCUT2D eigenvalue weighted by Crippen LogP contribution is -2.03. The average Bonchev–Trinajstić information content (AvgIpc) is 2.98. The lowest BCUT2D eigenvalue weighted by atomic mass is 10.3. The van der Waals surface area contributed by atoms with Crippen LogP contribution in [0.25, 0.3) is 11.0 Å². The van der Waals surface area contributed by atoms with E-state index in [-0.39, 0.29) is 11.7 Å². The number of benzene rings is 1. The molecule has 4 nitrogen and oxygen atoms in total. The Kier molecular flexibility index (Phi) is 2.76. The first kappa shape index (κ1) is 11.2.